The standard InChI is InChI=1S/C41H73N2O7P/c1-6-8-10-11-12-13-16-20-23-26-29-33-40(45)39(37-50-51(47,48)49-36-35-43(3,4)5)42-41(46)34-30-27-24-21-18-15-14-17-19-22-25-28-32-38(44)31-9-7-2/h9,14-15,19,21-22,24-25,28-29,31,33,38-40,44-45H,6-8,10-13,16-18,20,23,26-27,30,32,34-37H2,1-5H3,(H-,42,46,47,48)/b15-14-,22-19-,24-21-,28-25+,31-9-,33-29+/t38?,39-,40+/m0/s1. The van der Waals surface area contributed by atoms with Gasteiger partial charge >= 0.3 is 0 Å². The molecule has 0 radical (unpaired) electrons. The molecule has 0 aliphatic rings. The predicted octanol–water partition coefficient (Wildman–Crippen LogP) is 8.41. The number of amides is 1. The van der Waals surface area contributed by atoms with Crippen LogP contribution in [0.5, 0.6) is 0 Å². The van der Waals surface area contributed by atoms with Crippen LogP contribution in [0.15, 0.2) is 72.9 Å². The molecule has 0 spiro atoms. The Morgan fingerprint density at radius 3 is 2.04 bits per heavy atom. The lowest BCUT2D eigenvalue weighted by Crippen LogP contribution is -2.45. The highest BCUT2D eigenvalue weighted by Gasteiger charge is 2.23. The number of nitrogens with zero attached hydrogens (tertiary/aromatic N) is 1. The van der Waals surface area contributed by atoms with E-state index in [1.807, 2.05) is 70.6 Å². The maximum atomic E-state index is 12.8. The van der Waals surface area contributed by atoms with Crippen LogP contribution in [-0.2, 0) is 18.4 Å². The van der Waals surface area contributed by atoms with Gasteiger partial charge in [-0.25, -0.2) is 0 Å². The van der Waals surface area contributed by atoms with Crippen LogP contribution in [0.25, 0.3) is 0 Å². The fraction of sp³-hybridized carbons (Fsp3) is 0.683. The first-order valence-corrected chi connectivity index (χ1v) is 20.9. The zero-order chi connectivity index (χ0) is 38.1. The molecule has 0 aromatic carbocycles. The zero-order valence-corrected chi connectivity index (χ0v) is 33.5. The highest BCUT2D eigenvalue weighted by atomic mass is 31.2. The minimum atomic E-state index is -4.61. The number of hydrogen-bond donors (Lipinski definition) is 3. The van der Waals surface area contributed by atoms with Gasteiger partial charge in [-0.05, 0) is 51.4 Å². The second-order valence-corrected chi connectivity index (χ2v) is 15.5. The first-order valence-electron chi connectivity index (χ1n) is 19.4. The SMILES string of the molecule is CC/C=C\C(O)C/C=C/C=C\C/C=C\C/C=C\CCCC(=O)N[C@@H](COP(=O)([O-])OCC[N+](C)(C)C)[C@H](O)/C=C/CCCCCCCCCCC. The van der Waals surface area contributed by atoms with Gasteiger partial charge in [0.05, 0.1) is 46.0 Å². The summed E-state index contributed by atoms with van der Waals surface area (Å²) in [5.74, 6) is -0.275. The Bertz CT molecular complexity index is 1080. The normalized spacial score (nSPS) is 16.0. The molecule has 51 heavy (non-hydrogen) atoms. The fourth-order valence-electron chi connectivity index (χ4n) is 4.85. The van der Waals surface area contributed by atoms with E-state index in [4.69, 9.17) is 9.05 Å². The third kappa shape index (κ3) is 34.7. The van der Waals surface area contributed by atoms with Crippen molar-refractivity contribution in [1.29, 1.82) is 0 Å². The maximum absolute atomic E-state index is 12.8. The molecule has 294 valence electrons. The van der Waals surface area contributed by atoms with Crippen LogP contribution in [0.2, 0.25) is 0 Å². The molecule has 0 saturated heterocycles. The van der Waals surface area contributed by atoms with E-state index in [9.17, 15) is 24.5 Å². The number of phosphoric ester groups is 1. The molecule has 0 heterocycles. The second kappa shape index (κ2) is 32.5. The average molecular weight is 737 g/mol. The van der Waals surface area contributed by atoms with Crippen molar-refractivity contribution in [1.82, 2.24) is 5.32 Å². The molecule has 0 bridgehead atoms. The summed E-state index contributed by atoms with van der Waals surface area (Å²) in [4.78, 5) is 25.1. The Balaban J connectivity index is 4.67. The molecule has 0 aliphatic heterocycles. The molecular formula is C41H73N2O7P. The van der Waals surface area contributed by atoms with Crippen molar-refractivity contribution in [3.05, 3.63) is 72.9 Å². The average Bonchev–Trinajstić information content (AvgIpc) is 3.07. The van der Waals surface area contributed by atoms with Crippen LogP contribution in [0.1, 0.15) is 123 Å². The molecule has 3 N–H and O–H groups in total. The lowest BCUT2D eigenvalue weighted by Gasteiger charge is -2.29. The van der Waals surface area contributed by atoms with Crippen LogP contribution in [0.3, 0.4) is 0 Å². The number of aliphatic hydroxyl groups excluding tert-OH is 2. The number of nitrogens with one attached hydrogen (secondary N) is 1. The number of rotatable bonds is 33. The Morgan fingerprint density at radius 2 is 1.37 bits per heavy atom. The molecule has 0 aliphatic carbocycles. The molecule has 4 atom stereocenters. The van der Waals surface area contributed by atoms with E-state index in [0.717, 1.165) is 44.9 Å². The minimum absolute atomic E-state index is 0.0233. The van der Waals surface area contributed by atoms with Crippen molar-refractivity contribution in [2.24, 2.45) is 0 Å². The van der Waals surface area contributed by atoms with E-state index in [1.54, 1.807) is 6.08 Å². The van der Waals surface area contributed by atoms with E-state index in [0.29, 0.717) is 23.9 Å². The van der Waals surface area contributed by atoms with Crippen molar-refractivity contribution in [2.45, 2.75) is 141 Å². The van der Waals surface area contributed by atoms with Crippen LogP contribution < -0.4 is 10.2 Å². The van der Waals surface area contributed by atoms with Gasteiger partial charge in [0.2, 0.25) is 5.91 Å². The quantitative estimate of drug-likeness (QED) is 0.0203. The molecule has 0 aromatic heterocycles. The third-order valence-corrected chi connectivity index (χ3v) is 8.96. The number of quaternary nitrogens is 1. The second-order valence-electron chi connectivity index (χ2n) is 14.1. The van der Waals surface area contributed by atoms with Crippen molar-refractivity contribution in [3.63, 3.8) is 0 Å². The molecule has 9 nitrogen and oxygen atoms in total. The Hall–Kier alpha value is -2.10. The number of hydrogen-bond acceptors (Lipinski definition) is 7. The summed E-state index contributed by atoms with van der Waals surface area (Å²) in [6, 6.07) is -0.930. The van der Waals surface area contributed by atoms with Crippen LogP contribution in [0.4, 0.5) is 0 Å². The molecule has 0 fully saturated rings. The number of carbonyl (C=O) groups is 1. The smallest absolute Gasteiger partial charge is 0.268 e. The lowest BCUT2D eigenvalue weighted by molar-refractivity contribution is -0.870. The van der Waals surface area contributed by atoms with Crippen molar-refractivity contribution >= 4 is 13.7 Å². The predicted molar refractivity (Wildman–Crippen MR) is 211 cm³/mol. The number of phosphoric acid groups is 1. The van der Waals surface area contributed by atoms with E-state index in [2.05, 4.69) is 36.5 Å². The monoisotopic (exact) mass is 737 g/mol. The lowest BCUT2D eigenvalue weighted by atomic mass is 10.1. The third-order valence-electron chi connectivity index (χ3n) is 8.00. The fourth-order valence-corrected chi connectivity index (χ4v) is 5.58. The molecule has 0 rings (SSSR count). The highest BCUT2D eigenvalue weighted by molar-refractivity contribution is 7.45. The van der Waals surface area contributed by atoms with Gasteiger partial charge < -0.3 is 34.0 Å². The minimum Gasteiger partial charge on any atom is -0.756 e. The first kappa shape index (κ1) is 48.9. The highest BCUT2D eigenvalue weighted by Crippen LogP contribution is 2.38. The van der Waals surface area contributed by atoms with Gasteiger partial charge in [0, 0.05) is 6.42 Å². The van der Waals surface area contributed by atoms with Crippen molar-refractivity contribution in [3.8, 4) is 0 Å². The van der Waals surface area contributed by atoms with Gasteiger partial charge in [0.25, 0.3) is 7.82 Å². The summed E-state index contributed by atoms with van der Waals surface area (Å²) >= 11 is 0. The van der Waals surface area contributed by atoms with Crippen LogP contribution >= 0.6 is 7.82 Å². The molecular weight excluding hydrogens is 663 g/mol. The summed E-state index contributed by atoms with van der Waals surface area (Å²) in [5, 5.41) is 23.4. The van der Waals surface area contributed by atoms with Crippen LogP contribution in [0, 0.1) is 0 Å². The number of aliphatic hydroxyl groups is 2. The van der Waals surface area contributed by atoms with Crippen molar-refractivity contribution < 1.29 is 38.0 Å². The van der Waals surface area contributed by atoms with Gasteiger partial charge in [-0.1, -0.05) is 138 Å². The number of allylic oxidation sites excluding steroid dienone is 9. The summed E-state index contributed by atoms with van der Waals surface area (Å²) in [6.45, 7) is 4.30. The van der Waals surface area contributed by atoms with Crippen LogP contribution in [-0.4, -0.2) is 79.8 Å². The Morgan fingerprint density at radius 1 is 0.765 bits per heavy atom. The molecule has 0 saturated carbocycles. The Labute approximate surface area is 311 Å². The number of unbranched alkanes of at least 4 members (excludes halogenated alkanes) is 10. The van der Waals surface area contributed by atoms with Gasteiger partial charge in [-0.2, -0.15) is 0 Å². The number of likely N-dealkylation sites (N-methyl/N-ethyl adjacent to an activating group) is 1. The Kier molecular flexibility index (Phi) is 31.2. The largest absolute Gasteiger partial charge is 0.756 e. The number of carbonyl (C=O) groups excluding carboxylic acids is 1. The van der Waals surface area contributed by atoms with E-state index in [-0.39, 0.29) is 18.9 Å². The molecule has 0 aromatic rings. The van der Waals surface area contributed by atoms with Gasteiger partial charge in [-0.3, -0.25) is 9.36 Å². The van der Waals surface area contributed by atoms with Gasteiger partial charge in [-0.15, -0.1) is 0 Å². The topological polar surface area (TPSA) is 128 Å². The van der Waals surface area contributed by atoms with Gasteiger partial charge in [0.15, 0.2) is 0 Å². The summed E-state index contributed by atoms with van der Waals surface area (Å²) in [7, 11) is 1.18. The van der Waals surface area contributed by atoms with E-state index in [1.165, 1.54) is 44.9 Å². The zero-order valence-electron chi connectivity index (χ0n) is 32.6. The van der Waals surface area contributed by atoms with E-state index >= 15 is 0 Å². The van der Waals surface area contributed by atoms with Gasteiger partial charge in [0.1, 0.15) is 13.2 Å². The first-order chi connectivity index (χ1) is 24.4. The van der Waals surface area contributed by atoms with Crippen molar-refractivity contribution in [2.75, 3.05) is 40.9 Å². The summed E-state index contributed by atoms with van der Waals surface area (Å²) < 4.78 is 23.0. The molecule has 10 heteroatoms. The molecule has 1 amide bonds. The van der Waals surface area contributed by atoms with E-state index < -0.39 is 32.7 Å². The summed E-state index contributed by atoms with van der Waals surface area (Å²) in [6.07, 6.45) is 38.6. The maximum Gasteiger partial charge on any atom is 0.268 e. The molecule has 2 unspecified atom stereocenters. The summed E-state index contributed by atoms with van der Waals surface area (Å²) in [5.41, 5.74) is 0.